The zero-order valence-corrected chi connectivity index (χ0v) is 17.1. The summed E-state index contributed by atoms with van der Waals surface area (Å²) in [4.78, 5) is 37.6. The van der Waals surface area contributed by atoms with E-state index in [4.69, 9.17) is 4.42 Å². The number of aryl methyl sites for hydroxylation is 1. The predicted octanol–water partition coefficient (Wildman–Crippen LogP) is 1.83. The minimum absolute atomic E-state index is 0.145. The number of amides is 1. The van der Waals surface area contributed by atoms with Crippen LogP contribution in [0.3, 0.4) is 0 Å². The zero-order chi connectivity index (χ0) is 20.8. The molecule has 0 fully saturated rings. The van der Waals surface area contributed by atoms with E-state index in [1.54, 1.807) is 18.2 Å². The van der Waals surface area contributed by atoms with E-state index < -0.39 is 0 Å². The highest BCUT2D eigenvalue weighted by molar-refractivity contribution is 7.07. The van der Waals surface area contributed by atoms with Crippen molar-refractivity contribution in [2.75, 3.05) is 6.54 Å². The molecule has 0 atom stereocenters. The summed E-state index contributed by atoms with van der Waals surface area (Å²) >= 11 is 1.18. The van der Waals surface area contributed by atoms with Gasteiger partial charge in [0.2, 0.25) is 11.7 Å². The van der Waals surface area contributed by atoms with Crippen molar-refractivity contribution in [1.29, 1.82) is 0 Å². The van der Waals surface area contributed by atoms with Crippen molar-refractivity contribution >= 4 is 35.2 Å². The molecular weight excluding hydrogens is 388 g/mol. The number of nitrogens with one attached hydrogen (secondary N) is 1. The monoisotopic (exact) mass is 410 g/mol. The lowest BCUT2D eigenvalue weighted by atomic mass is 10.1. The van der Waals surface area contributed by atoms with E-state index >= 15 is 0 Å². The summed E-state index contributed by atoms with van der Waals surface area (Å²) in [6, 6.07) is 10.9. The van der Waals surface area contributed by atoms with Gasteiger partial charge >= 0.3 is 0 Å². The van der Waals surface area contributed by atoms with Crippen LogP contribution in [0.25, 0.3) is 12.2 Å². The first-order valence-electron chi connectivity index (χ1n) is 9.32. The van der Waals surface area contributed by atoms with Crippen LogP contribution in [-0.4, -0.2) is 22.8 Å². The molecule has 150 valence electrons. The van der Waals surface area contributed by atoms with Crippen LogP contribution in [0.5, 0.6) is 0 Å². The van der Waals surface area contributed by atoms with Crippen molar-refractivity contribution < 1.29 is 14.0 Å². The van der Waals surface area contributed by atoms with Crippen LogP contribution < -0.4 is 20.1 Å². The van der Waals surface area contributed by atoms with Crippen LogP contribution in [0.2, 0.25) is 0 Å². The van der Waals surface area contributed by atoms with Gasteiger partial charge in [0.15, 0.2) is 5.76 Å². The highest BCUT2D eigenvalue weighted by Crippen LogP contribution is 2.04. The van der Waals surface area contributed by atoms with Gasteiger partial charge < -0.3 is 9.73 Å². The lowest BCUT2D eigenvalue weighted by molar-refractivity contribution is -0.121. The highest BCUT2D eigenvalue weighted by Gasteiger charge is 2.12. The number of benzene rings is 1. The maximum Gasteiger partial charge on any atom is 0.269 e. The van der Waals surface area contributed by atoms with Crippen molar-refractivity contribution in [2.45, 2.75) is 26.8 Å². The van der Waals surface area contributed by atoms with Gasteiger partial charge in [0.1, 0.15) is 11.2 Å². The number of ketones is 1. The Morgan fingerprint density at radius 3 is 2.76 bits per heavy atom. The Morgan fingerprint density at radius 1 is 1.24 bits per heavy atom. The zero-order valence-electron chi connectivity index (χ0n) is 16.3. The van der Waals surface area contributed by atoms with Crippen LogP contribution in [0, 0.1) is 6.92 Å². The van der Waals surface area contributed by atoms with Crippen LogP contribution >= 0.6 is 11.3 Å². The molecule has 7 heteroatoms. The maximum absolute atomic E-state index is 13.0. The third-order valence-corrected chi connectivity index (χ3v) is 5.23. The smallest absolute Gasteiger partial charge is 0.269 e. The van der Waals surface area contributed by atoms with Crippen molar-refractivity contribution in [1.82, 2.24) is 9.88 Å². The summed E-state index contributed by atoms with van der Waals surface area (Å²) in [5, 5.41) is 2.76. The molecular formula is C22H22N2O4S. The van der Waals surface area contributed by atoms with Crippen molar-refractivity contribution in [3.8, 4) is 0 Å². The molecule has 0 saturated carbocycles. The van der Waals surface area contributed by atoms with Gasteiger partial charge in [-0.15, -0.1) is 11.3 Å². The third-order valence-electron chi connectivity index (χ3n) is 4.17. The molecule has 6 nitrogen and oxygen atoms in total. The SMILES string of the molecule is CCCNC(=O)Cn1c(=O)/c(=C\c2cccc(C)c2)s/c1=C\C(=O)c1ccco1. The molecule has 3 aromatic rings. The molecule has 0 aliphatic heterocycles. The number of carbonyl (C=O) groups excluding carboxylic acids is 2. The van der Waals surface area contributed by atoms with E-state index in [0.717, 1.165) is 17.5 Å². The van der Waals surface area contributed by atoms with E-state index in [1.165, 1.54) is 28.2 Å². The molecule has 0 unspecified atom stereocenters. The second kappa shape index (κ2) is 9.34. The molecule has 0 saturated heterocycles. The number of thiazole rings is 1. The third kappa shape index (κ3) is 5.20. The first-order valence-corrected chi connectivity index (χ1v) is 10.1. The van der Waals surface area contributed by atoms with Crippen LogP contribution in [0.1, 0.15) is 35.0 Å². The average molecular weight is 410 g/mol. The summed E-state index contributed by atoms with van der Waals surface area (Å²) in [6.07, 6.45) is 5.32. The number of hydrogen-bond donors (Lipinski definition) is 1. The molecule has 2 heterocycles. The standard InChI is InChI=1S/C22H22N2O4S/c1-3-9-23-20(26)14-24-21(13-17(25)18-8-5-10-28-18)29-19(22(24)27)12-16-7-4-6-15(2)11-16/h4-8,10-13H,3,9,14H2,1-2H3,(H,23,26)/b19-12+,21-13-. The molecule has 0 spiro atoms. The van der Waals surface area contributed by atoms with Crippen molar-refractivity contribution in [3.05, 3.63) is 79.1 Å². The molecule has 0 bridgehead atoms. The summed E-state index contributed by atoms with van der Waals surface area (Å²) in [6.45, 7) is 4.31. The topological polar surface area (TPSA) is 81.3 Å². The Morgan fingerprint density at radius 2 is 2.07 bits per heavy atom. The van der Waals surface area contributed by atoms with Crippen molar-refractivity contribution in [2.24, 2.45) is 0 Å². The number of aromatic nitrogens is 1. The number of hydrogen-bond acceptors (Lipinski definition) is 5. The normalized spacial score (nSPS) is 12.3. The molecule has 0 radical (unpaired) electrons. The van der Waals surface area contributed by atoms with E-state index in [0.29, 0.717) is 15.7 Å². The Balaban J connectivity index is 2.09. The number of Topliss-reactive ketones (excluding diaryl/α,β-unsaturated/α-hetero) is 1. The second-order valence-corrected chi connectivity index (χ2v) is 7.65. The first kappa shape index (κ1) is 20.5. The highest BCUT2D eigenvalue weighted by atomic mass is 32.1. The Kier molecular flexibility index (Phi) is 6.61. The molecule has 1 amide bonds. The van der Waals surface area contributed by atoms with Gasteiger partial charge in [-0.25, -0.2) is 0 Å². The van der Waals surface area contributed by atoms with Crippen LogP contribution in [-0.2, 0) is 11.3 Å². The fourth-order valence-electron chi connectivity index (χ4n) is 2.77. The lowest BCUT2D eigenvalue weighted by Gasteiger charge is -2.03. The first-order chi connectivity index (χ1) is 14.0. The molecule has 29 heavy (non-hydrogen) atoms. The molecule has 1 N–H and O–H groups in total. The lowest BCUT2D eigenvalue weighted by Crippen LogP contribution is -2.38. The van der Waals surface area contributed by atoms with Gasteiger partial charge in [-0.1, -0.05) is 36.8 Å². The van der Waals surface area contributed by atoms with E-state index in [9.17, 15) is 14.4 Å². The quantitative estimate of drug-likeness (QED) is 0.603. The van der Waals surface area contributed by atoms with Gasteiger partial charge in [-0.05, 0) is 37.1 Å². The van der Waals surface area contributed by atoms with Crippen LogP contribution in [0.4, 0.5) is 0 Å². The number of nitrogens with zero attached hydrogens (tertiary/aromatic N) is 1. The number of carbonyl (C=O) groups is 2. The van der Waals surface area contributed by atoms with Gasteiger partial charge in [0, 0.05) is 12.6 Å². The summed E-state index contributed by atoms with van der Waals surface area (Å²) in [5.41, 5.74) is 1.66. The Labute approximate surface area is 171 Å². The Bertz CT molecular complexity index is 1190. The van der Waals surface area contributed by atoms with E-state index in [2.05, 4.69) is 5.32 Å². The summed E-state index contributed by atoms with van der Waals surface area (Å²) < 4.78 is 7.33. The largest absolute Gasteiger partial charge is 0.461 e. The summed E-state index contributed by atoms with van der Waals surface area (Å²) in [7, 11) is 0. The van der Waals surface area contributed by atoms with Gasteiger partial charge in [0.25, 0.3) is 5.56 Å². The minimum atomic E-state index is -0.360. The Hall–Kier alpha value is -3.19. The molecule has 0 aliphatic rings. The number of furan rings is 1. The number of rotatable bonds is 7. The molecule has 0 aliphatic carbocycles. The van der Waals surface area contributed by atoms with E-state index in [1.807, 2.05) is 38.1 Å². The molecule has 2 aromatic heterocycles. The fraction of sp³-hybridized carbons (Fsp3) is 0.227. The molecule has 1 aromatic carbocycles. The predicted molar refractivity (Wildman–Crippen MR) is 113 cm³/mol. The minimum Gasteiger partial charge on any atom is -0.461 e. The molecule has 3 rings (SSSR count). The summed E-state index contributed by atoms with van der Waals surface area (Å²) in [5.74, 6) is -0.452. The van der Waals surface area contributed by atoms with E-state index in [-0.39, 0.29) is 29.6 Å². The fourth-order valence-corrected chi connectivity index (χ4v) is 3.81. The van der Waals surface area contributed by atoms with Crippen LogP contribution in [0.15, 0.2) is 51.9 Å². The van der Waals surface area contributed by atoms with Gasteiger partial charge in [-0.2, -0.15) is 0 Å². The van der Waals surface area contributed by atoms with Gasteiger partial charge in [-0.3, -0.25) is 19.0 Å². The van der Waals surface area contributed by atoms with Gasteiger partial charge in [0.05, 0.1) is 10.8 Å². The average Bonchev–Trinajstić information content (AvgIpc) is 3.32. The van der Waals surface area contributed by atoms with Crippen molar-refractivity contribution in [3.63, 3.8) is 0 Å². The second-order valence-electron chi connectivity index (χ2n) is 6.59. The maximum atomic E-state index is 13.0.